The summed E-state index contributed by atoms with van der Waals surface area (Å²) in [5.41, 5.74) is 3.53. The van der Waals surface area contributed by atoms with Gasteiger partial charge in [0.15, 0.2) is 0 Å². The van der Waals surface area contributed by atoms with Crippen LogP contribution in [0.25, 0.3) is 6.08 Å². The van der Waals surface area contributed by atoms with Crippen molar-refractivity contribution in [3.05, 3.63) is 66.2 Å². The van der Waals surface area contributed by atoms with Crippen molar-refractivity contribution in [2.24, 2.45) is 5.10 Å². The summed E-state index contributed by atoms with van der Waals surface area (Å²) in [6, 6.07) is 17.0. The molecule has 0 saturated carbocycles. The Balaban J connectivity index is 1.64. The summed E-state index contributed by atoms with van der Waals surface area (Å²) < 4.78 is 10.5. The SMILES string of the molecule is COc1ccc(OCCC(=O)N/N=C/C=C/c2ccccc2)cc1. The lowest BCUT2D eigenvalue weighted by Crippen LogP contribution is -2.19. The molecule has 1 amide bonds. The minimum atomic E-state index is -0.201. The van der Waals surface area contributed by atoms with E-state index in [1.54, 1.807) is 37.5 Å². The third-order valence-electron chi connectivity index (χ3n) is 3.10. The number of methoxy groups -OCH3 is 1. The molecule has 2 aromatic carbocycles. The minimum absolute atomic E-state index is 0.201. The number of carbonyl (C=O) groups excluding carboxylic acids is 1. The molecule has 0 aliphatic heterocycles. The molecule has 0 aromatic heterocycles. The average Bonchev–Trinajstić information content (AvgIpc) is 2.63. The van der Waals surface area contributed by atoms with E-state index < -0.39 is 0 Å². The Kier molecular flexibility index (Phi) is 7.08. The minimum Gasteiger partial charge on any atom is -0.497 e. The van der Waals surface area contributed by atoms with Crippen molar-refractivity contribution in [3.63, 3.8) is 0 Å². The number of amides is 1. The number of carbonyl (C=O) groups is 1. The van der Waals surface area contributed by atoms with Gasteiger partial charge in [0.2, 0.25) is 5.91 Å². The third-order valence-corrected chi connectivity index (χ3v) is 3.10. The van der Waals surface area contributed by atoms with E-state index in [0.29, 0.717) is 5.75 Å². The van der Waals surface area contributed by atoms with Crippen LogP contribution in [0.3, 0.4) is 0 Å². The van der Waals surface area contributed by atoms with Crippen LogP contribution < -0.4 is 14.9 Å². The first-order valence-corrected chi connectivity index (χ1v) is 7.58. The number of nitrogens with zero attached hydrogens (tertiary/aromatic N) is 1. The number of benzene rings is 2. The van der Waals surface area contributed by atoms with E-state index >= 15 is 0 Å². The fourth-order valence-corrected chi connectivity index (χ4v) is 1.86. The summed E-state index contributed by atoms with van der Waals surface area (Å²) in [5, 5.41) is 3.85. The summed E-state index contributed by atoms with van der Waals surface area (Å²) in [4.78, 5) is 11.6. The van der Waals surface area contributed by atoms with E-state index in [0.717, 1.165) is 11.3 Å². The highest BCUT2D eigenvalue weighted by atomic mass is 16.5. The molecule has 0 aliphatic carbocycles. The monoisotopic (exact) mass is 324 g/mol. The maximum absolute atomic E-state index is 11.6. The molecule has 1 N–H and O–H groups in total. The molecular weight excluding hydrogens is 304 g/mol. The normalized spacial score (nSPS) is 10.9. The summed E-state index contributed by atoms with van der Waals surface area (Å²) in [6.45, 7) is 0.285. The number of hydrazone groups is 1. The van der Waals surface area contributed by atoms with E-state index in [9.17, 15) is 4.79 Å². The van der Waals surface area contributed by atoms with Crippen molar-refractivity contribution in [1.29, 1.82) is 0 Å². The maximum Gasteiger partial charge on any atom is 0.243 e. The Labute approximate surface area is 141 Å². The van der Waals surface area contributed by atoms with Gasteiger partial charge in [-0.05, 0) is 35.9 Å². The summed E-state index contributed by atoms with van der Waals surface area (Å²) in [5.74, 6) is 1.25. The highest BCUT2D eigenvalue weighted by molar-refractivity contribution is 5.81. The number of hydrogen-bond acceptors (Lipinski definition) is 4. The highest BCUT2D eigenvalue weighted by Gasteiger charge is 2.00. The van der Waals surface area contributed by atoms with Crippen LogP contribution in [0.2, 0.25) is 0 Å². The zero-order valence-electron chi connectivity index (χ0n) is 13.5. The molecule has 0 bridgehead atoms. The smallest absolute Gasteiger partial charge is 0.243 e. The first kappa shape index (κ1) is 17.3. The topological polar surface area (TPSA) is 59.9 Å². The van der Waals surface area contributed by atoms with Crippen LogP contribution in [0.5, 0.6) is 11.5 Å². The number of allylic oxidation sites excluding steroid dienone is 1. The summed E-state index contributed by atoms with van der Waals surface area (Å²) in [7, 11) is 1.61. The van der Waals surface area contributed by atoms with Crippen molar-refractivity contribution in [2.45, 2.75) is 6.42 Å². The number of ether oxygens (including phenoxy) is 2. The predicted octanol–water partition coefficient (Wildman–Crippen LogP) is 3.28. The van der Waals surface area contributed by atoms with Crippen molar-refractivity contribution < 1.29 is 14.3 Å². The largest absolute Gasteiger partial charge is 0.497 e. The second-order valence-corrected chi connectivity index (χ2v) is 4.86. The van der Waals surface area contributed by atoms with Gasteiger partial charge >= 0.3 is 0 Å². The van der Waals surface area contributed by atoms with Gasteiger partial charge in [-0.3, -0.25) is 4.79 Å². The number of nitrogens with one attached hydrogen (secondary N) is 1. The molecule has 0 atom stereocenters. The van der Waals surface area contributed by atoms with Crippen molar-refractivity contribution >= 4 is 18.2 Å². The number of hydrogen-bond donors (Lipinski definition) is 1. The van der Waals surface area contributed by atoms with Gasteiger partial charge in [0.25, 0.3) is 0 Å². The summed E-state index contributed by atoms with van der Waals surface area (Å²) >= 11 is 0. The van der Waals surface area contributed by atoms with Gasteiger partial charge in [-0.15, -0.1) is 0 Å². The molecule has 0 aliphatic rings. The van der Waals surface area contributed by atoms with Crippen LogP contribution in [0, 0.1) is 0 Å². The van der Waals surface area contributed by atoms with Crippen LogP contribution in [0.15, 0.2) is 65.8 Å². The van der Waals surface area contributed by atoms with Gasteiger partial charge in [-0.2, -0.15) is 5.10 Å². The second kappa shape index (κ2) is 9.84. The fourth-order valence-electron chi connectivity index (χ4n) is 1.86. The molecule has 2 aromatic rings. The Hall–Kier alpha value is -3.08. The van der Waals surface area contributed by atoms with Gasteiger partial charge in [0.05, 0.1) is 20.1 Å². The molecule has 124 valence electrons. The van der Waals surface area contributed by atoms with Crippen molar-refractivity contribution in [3.8, 4) is 11.5 Å². The van der Waals surface area contributed by atoms with Crippen LogP contribution >= 0.6 is 0 Å². The van der Waals surface area contributed by atoms with Crippen LogP contribution in [0.1, 0.15) is 12.0 Å². The Morgan fingerprint density at radius 3 is 2.50 bits per heavy atom. The fraction of sp³-hybridized carbons (Fsp3) is 0.158. The molecule has 0 fully saturated rings. The van der Waals surface area contributed by atoms with Crippen LogP contribution in [0.4, 0.5) is 0 Å². The molecule has 0 spiro atoms. The van der Waals surface area contributed by atoms with E-state index in [2.05, 4.69) is 10.5 Å². The molecular formula is C19H20N2O3. The molecule has 0 heterocycles. The standard InChI is InChI=1S/C19H20N2O3/c1-23-17-9-11-18(12-10-17)24-15-13-19(22)21-20-14-5-8-16-6-3-2-4-7-16/h2-12,14H,13,15H2,1H3,(H,21,22)/b8-5+,20-14+. The Morgan fingerprint density at radius 1 is 1.08 bits per heavy atom. The second-order valence-electron chi connectivity index (χ2n) is 4.86. The van der Waals surface area contributed by atoms with Gasteiger partial charge < -0.3 is 9.47 Å². The third kappa shape index (κ3) is 6.36. The highest BCUT2D eigenvalue weighted by Crippen LogP contribution is 2.16. The zero-order chi connectivity index (χ0) is 17.0. The Morgan fingerprint density at radius 2 is 1.79 bits per heavy atom. The molecule has 0 saturated heterocycles. The van der Waals surface area contributed by atoms with E-state index in [1.807, 2.05) is 36.4 Å². The molecule has 2 rings (SSSR count). The lowest BCUT2D eigenvalue weighted by atomic mass is 10.2. The van der Waals surface area contributed by atoms with E-state index in [1.165, 1.54) is 6.21 Å². The molecule has 5 nitrogen and oxygen atoms in total. The van der Waals surface area contributed by atoms with E-state index in [-0.39, 0.29) is 18.9 Å². The van der Waals surface area contributed by atoms with Gasteiger partial charge in [0, 0.05) is 6.21 Å². The van der Waals surface area contributed by atoms with Gasteiger partial charge in [-0.25, -0.2) is 5.43 Å². The van der Waals surface area contributed by atoms with Gasteiger partial charge in [0.1, 0.15) is 11.5 Å². The molecule has 24 heavy (non-hydrogen) atoms. The molecule has 5 heteroatoms. The lowest BCUT2D eigenvalue weighted by Gasteiger charge is -2.06. The predicted molar refractivity (Wildman–Crippen MR) is 95.2 cm³/mol. The van der Waals surface area contributed by atoms with Crippen molar-refractivity contribution in [1.82, 2.24) is 5.43 Å². The molecule has 0 radical (unpaired) electrons. The number of rotatable bonds is 8. The van der Waals surface area contributed by atoms with Crippen LogP contribution in [-0.4, -0.2) is 25.8 Å². The maximum atomic E-state index is 11.6. The molecule has 0 unspecified atom stereocenters. The average molecular weight is 324 g/mol. The Bertz CT molecular complexity index is 680. The summed E-state index contributed by atoms with van der Waals surface area (Å²) in [6.07, 6.45) is 5.44. The van der Waals surface area contributed by atoms with Crippen molar-refractivity contribution in [2.75, 3.05) is 13.7 Å². The van der Waals surface area contributed by atoms with Crippen LogP contribution in [-0.2, 0) is 4.79 Å². The first-order chi connectivity index (χ1) is 11.8. The van der Waals surface area contributed by atoms with E-state index in [4.69, 9.17) is 9.47 Å². The first-order valence-electron chi connectivity index (χ1n) is 7.58. The zero-order valence-corrected chi connectivity index (χ0v) is 13.5. The van der Waals surface area contributed by atoms with Gasteiger partial charge in [-0.1, -0.05) is 36.4 Å². The lowest BCUT2D eigenvalue weighted by molar-refractivity contribution is -0.121. The quantitative estimate of drug-likeness (QED) is 0.599.